The first-order chi connectivity index (χ1) is 15.0. The zero-order chi connectivity index (χ0) is 21.5. The van der Waals surface area contributed by atoms with Crippen LogP contribution in [0.5, 0.6) is 5.88 Å². The van der Waals surface area contributed by atoms with E-state index in [1.54, 1.807) is 4.68 Å². The number of aromatic nitrogens is 3. The number of nitrogens with zero attached hydrogens (tertiary/aromatic N) is 4. The van der Waals surface area contributed by atoms with E-state index in [4.69, 9.17) is 21.3 Å². The summed E-state index contributed by atoms with van der Waals surface area (Å²) in [6.07, 6.45) is 2.94. The Morgan fingerprint density at radius 1 is 1.10 bits per heavy atom. The number of ether oxygens (including phenoxy) is 1. The highest BCUT2D eigenvalue weighted by Crippen LogP contribution is 2.29. The molecule has 5 rings (SSSR count). The highest BCUT2D eigenvalue weighted by Gasteiger charge is 2.26. The Kier molecular flexibility index (Phi) is 4.88. The van der Waals surface area contributed by atoms with Crippen LogP contribution in [0.2, 0.25) is 5.02 Å². The Hall–Kier alpha value is -3.35. The summed E-state index contributed by atoms with van der Waals surface area (Å²) in [5.74, 6) is 0.526. The fourth-order valence-electron chi connectivity index (χ4n) is 3.91. The summed E-state index contributed by atoms with van der Waals surface area (Å²) in [4.78, 5) is 6.54. The number of fused-ring (bicyclic) bond motifs is 2. The molecule has 4 aromatic rings. The Balaban J connectivity index is 1.72. The maximum Gasteiger partial charge on any atom is 0.213 e. The van der Waals surface area contributed by atoms with E-state index in [-0.39, 0.29) is 0 Å². The van der Waals surface area contributed by atoms with Crippen molar-refractivity contribution in [1.82, 2.24) is 14.8 Å². The molecular formula is C24H21ClN4O2. The average molecular weight is 433 g/mol. The number of benzene rings is 2. The first-order valence-corrected chi connectivity index (χ1v) is 10.4. The second-order valence-corrected chi connectivity index (χ2v) is 7.83. The van der Waals surface area contributed by atoms with E-state index in [9.17, 15) is 5.11 Å². The smallest absolute Gasteiger partial charge is 0.213 e. The van der Waals surface area contributed by atoms with E-state index in [2.05, 4.69) is 5.10 Å². The van der Waals surface area contributed by atoms with Crippen molar-refractivity contribution in [3.8, 4) is 5.88 Å². The summed E-state index contributed by atoms with van der Waals surface area (Å²) < 4.78 is 7.39. The Morgan fingerprint density at radius 3 is 2.68 bits per heavy atom. The van der Waals surface area contributed by atoms with Crippen molar-refractivity contribution >= 4 is 40.0 Å². The number of aliphatic hydroxyl groups excluding tert-OH is 1. The predicted octanol–water partition coefficient (Wildman–Crippen LogP) is 2.80. The molecule has 31 heavy (non-hydrogen) atoms. The van der Waals surface area contributed by atoms with Gasteiger partial charge in [-0.1, -0.05) is 23.7 Å². The molecule has 3 heterocycles. The van der Waals surface area contributed by atoms with Gasteiger partial charge in [0, 0.05) is 52.4 Å². The van der Waals surface area contributed by atoms with E-state index in [1.807, 2.05) is 85.9 Å². The van der Waals surface area contributed by atoms with Crippen molar-refractivity contribution in [2.24, 2.45) is 7.05 Å². The molecule has 2 aromatic carbocycles. The van der Waals surface area contributed by atoms with Crippen molar-refractivity contribution in [1.29, 1.82) is 0 Å². The van der Waals surface area contributed by atoms with Crippen LogP contribution in [-0.4, -0.2) is 32.7 Å². The maximum absolute atomic E-state index is 11.5. The van der Waals surface area contributed by atoms with E-state index in [0.717, 1.165) is 27.4 Å². The second-order valence-electron chi connectivity index (χ2n) is 7.40. The van der Waals surface area contributed by atoms with Gasteiger partial charge in [-0.3, -0.25) is 4.68 Å². The summed E-state index contributed by atoms with van der Waals surface area (Å²) in [6.45, 7) is 2.44. The average Bonchev–Trinajstić information content (AvgIpc) is 3.14. The van der Waals surface area contributed by atoms with E-state index in [1.165, 1.54) is 0 Å². The molecule has 1 unspecified atom stereocenters. The number of halogens is 1. The van der Waals surface area contributed by atoms with Crippen LogP contribution in [0.3, 0.4) is 0 Å². The molecule has 0 radical (unpaired) electrons. The fraction of sp³-hybridized carbons (Fsp3) is 0.167. The number of rotatable bonds is 4. The number of pyridine rings is 1. The van der Waals surface area contributed by atoms with Crippen LogP contribution in [0.15, 0.2) is 60.8 Å². The lowest BCUT2D eigenvalue weighted by molar-refractivity contribution is 0.238. The minimum Gasteiger partial charge on any atom is -0.478 e. The molecule has 1 aliphatic rings. The van der Waals surface area contributed by atoms with Gasteiger partial charge in [0.05, 0.1) is 17.5 Å². The van der Waals surface area contributed by atoms with Gasteiger partial charge in [0.1, 0.15) is 0 Å². The van der Waals surface area contributed by atoms with Crippen LogP contribution >= 0.6 is 11.6 Å². The number of hydrogen-bond acceptors (Lipinski definition) is 5. The normalized spacial score (nSPS) is 15.7. The number of aryl methyl sites for hydroxylation is 1. The molecule has 2 aromatic heterocycles. The molecule has 1 atom stereocenters. The van der Waals surface area contributed by atoms with Crippen LogP contribution in [-0.2, 0) is 7.05 Å². The molecule has 0 aliphatic carbocycles. The molecule has 0 fully saturated rings. The molecule has 0 saturated carbocycles. The minimum atomic E-state index is -0.938. The van der Waals surface area contributed by atoms with Gasteiger partial charge < -0.3 is 14.7 Å². The summed E-state index contributed by atoms with van der Waals surface area (Å²) in [7, 11) is 1.89. The fourth-order valence-corrected chi connectivity index (χ4v) is 4.04. The lowest BCUT2D eigenvalue weighted by Gasteiger charge is -2.31. The van der Waals surface area contributed by atoms with E-state index in [0.29, 0.717) is 28.4 Å². The van der Waals surface area contributed by atoms with Crippen molar-refractivity contribution in [3.63, 3.8) is 0 Å². The molecule has 1 N–H and O–H groups in total. The highest BCUT2D eigenvalue weighted by molar-refractivity contribution is 6.30. The molecule has 0 amide bonds. The summed E-state index contributed by atoms with van der Waals surface area (Å²) in [5, 5.41) is 19.1. The molecule has 0 spiro atoms. The summed E-state index contributed by atoms with van der Waals surface area (Å²) in [5.41, 5.74) is 3.31. The van der Waals surface area contributed by atoms with Gasteiger partial charge in [0.25, 0.3) is 0 Å². The maximum atomic E-state index is 11.5. The monoisotopic (exact) mass is 432 g/mol. The van der Waals surface area contributed by atoms with E-state index >= 15 is 0 Å². The number of anilines is 1. The number of hydrogen-bond donors (Lipinski definition) is 1. The molecule has 7 heteroatoms. The molecule has 0 bridgehead atoms. The zero-order valence-electron chi connectivity index (χ0n) is 17.2. The lowest BCUT2D eigenvalue weighted by Crippen LogP contribution is -2.47. The van der Waals surface area contributed by atoms with Gasteiger partial charge in [-0.25, -0.2) is 4.98 Å². The van der Waals surface area contributed by atoms with Gasteiger partial charge in [0.2, 0.25) is 5.88 Å². The molecular weight excluding hydrogens is 412 g/mol. The first-order valence-electron chi connectivity index (χ1n) is 10.0. The molecule has 156 valence electrons. The van der Waals surface area contributed by atoms with Crippen LogP contribution in [0.25, 0.3) is 22.7 Å². The van der Waals surface area contributed by atoms with Gasteiger partial charge in [-0.15, -0.1) is 0 Å². The SMILES string of the molecule is CCOc1ccc2c(n1)=C(c1ccc(Cl)cc1)C(O)N(c1ccc3nn(C)cc3c1)C=2. The van der Waals surface area contributed by atoms with Crippen molar-refractivity contribution in [2.45, 2.75) is 13.2 Å². The Labute approximate surface area is 184 Å². The Morgan fingerprint density at radius 2 is 1.90 bits per heavy atom. The number of aliphatic hydroxyl groups is 1. The molecule has 6 nitrogen and oxygen atoms in total. The topological polar surface area (TPSA) is 63.4 Å². The lowest BCUT2D eigenvalue weighted by atomic mass is 9.99. The van der Waals surface area contributed by atoms with E-state index < -0.39 is 6.23 Å². The summed E-state index contributed by atoms with van der Waals surface area (Å²) >= 11 is 6.10. The third-order valence-electron chi connectivity index (χ3n) is 5.30. The quantitative estimate of drug-likeness (QED) is 0.537. The van der Waals surface area contributed by atoms with Crippen LogP contribution in [0.1, 0.15) is 12.5 Å². The zero-order valence-corrected chi connectivity index (χ0v) is 17.9. The van der Waals surface area contributed by atoms with Crippen LogP contribution in [0, 0.1) is 0 Å². The Bertz CT molecular complexity index is 1400. The molecule has 0 saturated heterocycles. The predicted molar refractivity (Wildman–Crippen MR) is 122 cm³/mol. The van der Waals surface area contributed by atoms with Crippen molar-refractivity contribution in [2.75, 3.05) is 11.5 Å². The van der Waals surface area contributed by atoms with Crippen LogP contribution in [0.4, 0.5) is 5.69 Å². The van der Waals surface area contributed by atoms with Gasteiger partial charge in [-0.2, -0.15) is 5.10 Å². The largest absolute Gasteiger partial charge is 0.478 e. The third-order valence-corrected chi connectivity index (χ3v) is 5.56. The van der Waals surface area contributed by atoms with Gasteiger partial charge >= 0.3 is 0 Å². The highest BCUT2D eigenvalue weighted by atomic mass is 35.5. The third kappa shape index (κ3) is 3.54. The first kappa shape index (κ1) is 19.6. The van der Waals surface area contributed by atoms with Gasteiger partial charge in [0.15, 0.2) is 6.23 Å². The van der Waals surface area contributed by atoms with Crippen LogP contribution < -0.4 is 20.2 Å². The van der Waals surface area contributed by atoms with Crippen molar-refractivity contribution in [3.05, 3.63) is 81.9 Å². The van der Waals surface area contributed by atoms with Gasteiger partial charge in [-0.05, 0) is 48.9 Å². The summed E-state index contributed by atoms with van der Waals surface area (Å²) in [6, 6.07) is 17.2. The molecule has 1 aliphatic heterocycles. The standard InChI is InChI=1S/C24H21ClN4O2/c1-3-31-21-11-6-16-14-29(19-9-10-20-17(12-19)13-28(2)27-20)24(30)22(23(16)26-21)15-4-7-18(25)8-5-15/h4-14,24,30H,3H2,1-2H3. The minimum absolute atomic E-state index is 0.519. The van der Waals surface area contributed by atoms with Crippen molar-refractivity contribution < 1.29 is 9.84 Å². The second kappa shape index (κ2) is 7.72.